The van der Waals surface area contributed by atoms with Gasteiger partial charge < -0.3 is 9.88 Å². The van der Waals surface area contributed by atoms with Crippen molar-refractivity contribution < 1.29 is 4.79 Å². The molecule has 0 atom stereocenters. The van der Waals surface area contributed by atoms with Gasteiger partial charge in [-0.1, -0.05) is 55.3 Å². The minimum atomic E-state index is 0.110. The summed E-state index contributed by atoms with van der Waals surface area (Å²) >= 11 is 0. The minimum absolute atomic E-state index is 0.110. The number of fused-ring (bicyclic) bond motifs is 1. The van der Waals surface area contributed by atoms with Crippen LogP contribution in [0.25, 0.3) is 11.0 Å². The van der Waals surface area contributed by atoms with E-state index in [0.29, 0.717) is 13.0 Å². The minimum Gasteiger partial charge on any atom is -0.355 e. The third kappa shape index (κ3) is 3.36. The van der Waals surface area contributed by atoms with Crippen molar-refractivity contribution in [2.24, 2.45) is 0 Å². The Morgan fingerprint density at radius 2 is 1.77 bits per heavy atom. The first kappa shape index (κ1) is 16.8. The second-order valence-electron chi connectivity index (χ2n) is 7.31. The lowest BCUT2D eigenvalue weighted by Crippen LogP contribution is -2.39. The molecule has 1 fully saturated rings. The highest BCUT2D eigenvalue weighted by molar-refractivity contribution is 5.77. The number of benzene rings is 2. The fourth-order valence-corrected chi connectivity index (χ4v) is 4.18. The highest BCUT2D eigenvalue weighted by Gasteiger charge is 2.35. The third-order valence-corrected chi connectivity index (χ3v) is 5.68. The molecule has 26 heavy (non-hydrogen) atoms. The number of hydrogen-bond acceptors (Lipinski definition) is 2. The van der Waals surface area contributed by atoms with Crippen LogP contribution in [0.3, 0.4) is 0 Å². The van der Waals surface area contributed by atoms with Crippen LogP contribution in [0, 0.1) is 0 Å². The van der Waals surface area contributed by atoms with Gasteiger partial charge in [-0.25, -0.2) is 4.98 Å². The summed E-state index contributed by atoms with van der Waals surface area (Å²) in [5.74, 6) is 0.116. The third-order valence-electron chi connectivity index (χ3n) is 5.68. The summed E-state index contributed by atoms with van der Waals surface area (Å²) in [6, 6.07) is 18.7. The molecule has 1 saturated carbocycles. The predicted octanol–water partition coefficient (Wildman–Crippen LogP) is 4.05. The highest BCUT2D eigenvalue weighted by Crippen LogP contribution is 2.40. The van der Waals surface area contributed by atoms with E-state index in [9.17, 15) is 4.79 Å². The Labute approximate surface area is 154 Å². The number of carbonyl (C=O) groups excluding carboxylic acids is 1. The molecule has 0 spiro atoms. The second-order valence-corrected chi connectivity index (χ2v) is 7.31. The van der Waals surface area contributed by atoms with E-state index in [4.69, 9.17) is 0 Å². The van der Waals surface area contributed by atoms with Gasteiger partial charge in [0.1, 0.15) is 0 Å². The summed E-state index contributed by atoms with van der Waals surface area (Å²) in [6.07, 6.45) is 7.09. The van der Waals surface area contributed by atoms with Crippen molar-refractivity contribution in [2.45, 2.75) is 44.1 Å². The van der Waals surface area contributed by atoms with E-state index in [1.165, 1.54) is 18.4 Å². The van der Waals surface area contributed by atoms with Crippen LogP contribution in [0.4, 0.5) is 0 Å². The van der Waals surface area contributed by atoms with Gasteiger partial charge in [0.2, 0.25) is 5.91 Å². The zero-order valence-electron chi connectivity index (χ0n) is 15.0. The van der Waals surface area contributed by atoms with Crippen molar-refractivity contribution in [1.82, 2.24) is 14.9 Å². The molecule has 0 saturated heterocycles. The van der Waals surface area contributed by atoms with Crippen molar-refractivity contribution >= 4 is 16.9 Å². The fraction of sp³-hybridized carbons (Fsp3) is 0.364. The Balaban J connectivity index is 1.37. The Bertz CT molecular complexity index is 879. The van der Waals surface area contributed by atoms with Crippen LogP contribution in [0.5, 0.6) is 0 Å². The Morgan fingerprint density at radius 1 is 1.04 bits per heavy atom. The van der Waals surface area contributed by atoms with E-state index in [-0.39, 0.29) is 11.3 Å². The Hall–Kier alpha value is -2.62. The van der Waals surface area contributed by atoms with Gasteiger partial charge in [-0.15, -0.1) is 0 Å². The van der Waals surface area contributed by atoms with Crippen LogP contribution >= 0.6 is 0 Å². The van der Waals surface area contributed by atoms with E-state index in [1.807, 2.05) is 30.6 Å². The number of aryl methyl sites for hydroxylation is 1. The van der Waals surface area contributed by atoms with Gasteiger partial charge in [-0.3, -0.25) is 4.79 Å². The first-order valence-corrected chi connectivity index (χ1v) is 9.49. The molecule has 1 aromatic heterocycles. The summed E-state index contributed by atoms with van der Waals surface area (Å²) in [4.78, 5) is 16.8. The Kier molecular flexibility index (Phi) is 4.74. The molecule has 1 heterocycles. The predicted molar refractivity (Wildman–Crippen MR) is 104 cm³/mol. The van der Waals surface area contributed by atoms with Crippen LogP contribution in [-0.2, 0) is 16.8 Å². The molecule has 4 rings (SSSR count). The number of aromatic nitrogens is 2. The van der Waals surface area contributed by atoms with Crippen molar-refractivity contribution in [3.05, 3.63) is 66.5 Å². The molecular formula is C22H25N3O. The van der Waals surface area contributed by atoms with Crippen LogP contribution in [0.2, 0.25) is 0 Å². The average Bonchev–Trinajstić information content (AvgIpc) is 3.33. The number of nitrogens with one attached hydrogen (secondary N) is 1. The lowest BCUT2D eigenvalue weighted by molar-refractivity contribution is -0.121. The van der Waals surface area contributed by atoms with Crippen molar-refractivity contribution in [2.75, 3.05) is 6.54 Å². The molecule has 0 bridgehead atoms. The van der Waals surface area contributed by atoms with Gasteiger partial charge in [0, 0.05) is 24.9 Å². The summed E-state index contributed by atoms with van der Waals surface area (Å²) in [5, 5.41) is 3.20. The maximum Gasteiger partial charge on any atom is 0.221 e. The number of amides is 1. The first-order chi connectivity index (χ1) is 12.8. The van der Waals surface area contributed by atoms with Crippen LogP contribution < -0.4 is 5.32 Å². The summed E-state index contributed by atoms with van der Waals surface area (Å²) in [5.41, 5.74) is 3.52. The zero-order chi connectivity index (χ0) is 17.8. The summed E-state index contributed by atoms with van der Waals surface area (Å²) in [6.45, 7) is 1.39. The topological polar surface area (TPSA) is 46.9 Å². The second kappa shape index (κ2) is 7.32. The molecule has 4 nitrogen and oxygen atoms in total. The zero-order valence-corrected chi connectivity index (χ0v) is 15.0. The number of carbonyl (C=O) groups is 1. The fourth-order valence-electron chi connectivity index (χ4n) is 4.18. The monoisotopic (exact) mass is 347 g/mol. The lowest BCUT2D eigenvalue weighted by Gasteiger charge is -2.30. The molecule has 0 aliphatic heterocycles. The van der Waals surface area contributed by atoms with E-state index in [0.717, 1.165) is 30.4 Å². The number of nitrogens with zero attached hydrogens (tertiary/aromatic N) is 2. The quantitative estimate of drug-likeness (QED) is 0.731. The summed E-state index contributed by atoms with van der Waals surface area (Å²) in [7, 11) is 0. The van der Waals surface area contributed by atoms with E-state index in [2.05, 4.69) is 45.2 Å². The van der Waals surface area contributed by atoms with Gasteiger partial charge in [0.15, 0.2) is 0 Å². The molecule has 3 aromatic rings. The van der Waals surface area contributed by atoms with E-state index >= 15 is 0 Å². The van der Waals surface area contributed by atoms with Gasteiger partial charge in [-0.05, 0) is 30.5 Å². The van der Waals surface area contributed by atoms with Gasteiger partial charge in [-0.2, -0.15) is 0 Å². The van der Waals surface area contributed by atoms with Crippen LogP contribution in [-0.4, -0.2) is 22.0 Å². The normalized spacial score (nSPS) is 16.0. The number of para-hydroxylation sites is 2. The molecule has 134 valence electrons. The Morgan fingerprint density at radius 3 is 2.58 bits per heavy atom. The van der Waals surface area contributed by atoms with Crippen LogP contribution in [0.1, 0.15) is 37.7 Å². The molecule has 2 aromatic carbocycles. The molecule has 4 heteroatoms. The van der Waals surface area contributed by atoms with Crippen molar-refractivity contribution in [3.63, 3.8) is 0 Å². The van der Waals surface area contributed by atoms with Gasteiger partial charge >= 0.3 is 0 Å². The van der Waals surface area contributed by atoms with Crippen molar-refractivity contribution in [1.29, 1.82) is 0 Å². The van der Waals surface area contributed by atoms with E-state index < -0.39 is 0 Å². The SMILES string of the molecule is O=C(CCn1cnc2ccccc21)NCC1(c2ccccc2)CCCC1. The van der Waals surface area contributed by atoms with Crippen molar-refractivity contribution in [3.8, 4) is 0 Å². The summed E-state index contributed by atoms with van der Waals surface area (Å²) < 4.78 is 2.05. The van der Waals surface area contributed by atoms with Crippen LogP contribution in [0.15, 0.2) is 60.9 Å². The molecule has 0 radical (unpaired) electrons. The maximum absolute atomic E-state index is 12.5. The van der Waals surface area contributed by atoms with E-state index in [1.54, 1.807) is 0 Å². The van der Waals surface area contributed by atoms with Gasteiger partial charge in [0.05, 0.1) is 17.4 Å². The first-order valence-electron chi connectivity index (χ1n) is 9.49. The smallest absolute Gasteiger partial charge is 0.221 e. The number of hydrogen-bond donors (Lipinski definition) is 1. The average molecular weight is 347 g/mol. The molecular weight excluding hydrogens is 322 g/mol. The highest BCUT2D eigenvalue weighted by atomic mass is 16.1. The number of rotatable bonds is 6. The molecule has 1 aliphatic carbocycles. The maximum atomic E-state index is 12.5. The molecule has 0 unspecified atom stereocenters. The van der Waals surface area contributed by atoms with Gasteiger partial charge in [0.25, 0.3) is 0 Å². The standard InChI is InChI=1S/C22H25N3O/c26-21(12-15-25-17-24-19-10-4-5-11-20(19)25)23-16-22(13-6-7-14-22)18-8-2-1-3-9-18/h1-5,8-11,17H,6-7,12-16H2,(H,23,26). The number of imidazole rings is 1. The largest absolute Gasteiger partial charge is 0.355 e. The molecule has 1 aliphatic rings. The molecule has 1 amide bonds. The lowest BCUT2D eigenvalue weighted by atomic mass is 9.79. The molecule has 1 N–H and O–H groups in total.